The monoisotopic (exact) mass is 340 g/mol. The largest absolute Gasteiger partial charge is 0.493 e. The molecule has 0 bridgehead atoms. The summed E-state index contributed by atoms with van der Waals surface area (Å²) in [6, 6.07) is 3.78. The van der Waals surface area contributed by atoms with Gasteiger partial charge in [-0.05, 0) is 29.8 Å². The van der Waals surface area contributed by atoms with Crippen LogP contribution in [0.2, 0.25) is 18.1 Å². The Balaban J connectivity index is 2.45. The number of methoxy groups -OCH3 is 2. The highest BCUT2D eigenvalue weighted by molar-refractivity contribution is 6.74. The topological polar surface area (TPSA) is 57.2 Å². The van der Waals surface area contributed by atoms with Crippen molar-refractivity contribution in [2.45, 2.75) is 57.9 Å². The van der Waals surface area contributed by atoms with Gasteiger partial charge in [0.2, 0.25) is 0 Å². The lowest BCUT2D eigenvalue weighted by Crippen LogP contribution is -2.45. The van der Waals surface area contributed by atoms with Gasteiger partial charge in [-0.2, -0.15) is 0 Å². The Labute approximate surface area is 139 Å². The number of ether oxygens (including phenoxy) is 3. The normalized spacial score (nSPS) is 21.7. The summed E-state index contributed by atoms with van der Waals surface area (Å²) in [6.07, 6.45) is -1.49. The molecule has 5 nitrogen and oxygen atoms in total. The third-order valence-corrected chi connectivity index (χ3v) is 9.33. The minimum absolute atomic E-state index is 0.0425. The third kappa shape index (κ3) is 3.40. The van der Waals surface area contributed by atoms with E-state index in [0.717, 1.165) is 11.1 Å². The Kier molecular flexibility index (Phi) is 5.11. The molecular formula is C17H28O5Si. The van der Waals surface area contributed by atoms with E-state index in [9.17, 15) is 5.11 Å². The molecule has 0 amide bonds. The van der Waals surface area contributed by atoms with Gasteiger partial charge in [-0.15, -0.1) is 0 Å². The van der Waals surface area contributed by atoms with Gasteiger partial charge in [0.25, 0.3) is 0 Å². The number of fused-ring (bicyclic) bond motifs is 1. The Morgan fingerprint density at radius 1 is 1.17 bits per heavy atom. The molecule has 2 atom stereocenters. The maximum atomic E-state index is 10.3. The number of aliphatic hydroxyl groups is 1. The molecule has 0 radical (unpaired) electrons. The van der Waals surface area contributed by atoms with Crippen molar-refractivity contribution in [1.82, 2.24) is 0 Å². The molecule has 2 unspecified atom stereocenters. The lowest BCUT2D eigenvalue weighted by Gasteiger charge is -2.42. The van der Waals surface area contributed by atoms with Crippen molar-refractivity contribution in [3.05, 3.63) is 23.3 Å². The minimum Gasteiger partial charge on any atom is -0.493 e. The minimum atomic E-state index is -2.06. The van der Waals surface area contributed by atoms with Gasteiger partial charge < -0.3 is 23.7 Å². The molecule has 1 heterocycles. The summed E-state index contributed by atoms with van der Waals surface area (Å²) in [5.74, 6) is 1.29. The second kappa shape index (κ2) is 6.43. The molecule has 2 rings (SSSR count). The van der Waals surface area contributed by atoms with E-state index in [1.165, 1.54) is 0 Å². The summed E-state index contributed by atoms with van der Waals surface area (Å²) in [7, 11) is 1.14. The first kappa shape index (κ1) is 18.3. The molecule has 23 heavy (non-hydrogen) atoms. The highest BCUT2D eigenvalue weighted by atomic mass is 28.4. The molecule has 130 valence electrons. The van der Waals surface area contributed by atoms with E-state index in [0.29, 0.717) is 11.5 Å². The average Bonchev–Trinajstić information content (AvgIpc) is 2.47. The summed E-state index contributed by atoms with van der Waals surface area (Å²) < 4.78 is 22.8. The van der Waals surface area contributed by atoms with Crippen LogP contribution in [0, 0.1) is 0 Å². The zero-order chi connectivity index (χ0) is 17.4. The van der Waals surface area contributed by atoms with Crippen molar-refractivity contribution in [2.24, 2.45) is 0 Å². The van der Waals surface area contributed by atoms with Crippen molar-refractivity contribution >= 4 is 8.32 Å². The van der Waals surface area contributed by atoms with Crippen LogP contribution in [0.1, 0.15) is 38.0 Å². The van der Waals surface area contributed by atoms with Gasteiger partial charge in [-0.25, -0.2) is 0 Å². The molecule has 0 aliphatic carbocycles. The first-order valence-electron chi connectivity index (χ1n) is 7.83. The predicted octanol–water partition coefficient (Wildman–Crippen LogP) is 3.62. The van der Waals surface area contributed by atoms with Gasteiger partial charge in [0, 0.05) is 5.56 Å². The van der Waals surface area contributed by atoms with E-state index < -0.39 is 20.7 Å². The standard InChI is InChI=1S/C17H28O5Si/c1-17(2,3)23(6,7)22-15-11-8-9-13(19-4)14(20-5)12(11)10-21-16(15)18/h8-9,15-16,18H,10H2,1-7H3. The van der Waals surface area contributed by atoms with Crippen LogP contribution in [0.25, 0.3) is 0 Å². The van der Waals surface area contributed by atoms with Crippen LogP contribution >= 0.6 is 0 Å². The molecule has 1 aliphatic heterocycles. The van der Waals surface area contributed by atoms with E-state index in [2.05, 4.69) is 33.9 Å². The van der Waals surface area contributed by atoms with Crippen molar-refractivity contribution < 1.29 is 23.7 Å². The lowest BCUT2D eigenvalue weighted by molar-refractivity contribution is -0.177. The van der Waals surface area contributed by atoms with Crippen molar-refractivity contribution in [3.63, 3.8) is 0 Å². The van der Waals surface area contributed by atoms with Crippen molar-refractivity contribution in [2.75, 3.05) is 14.2 Å². The molecule has 0 saturated heterocycles. The highest BCUT2D eigenvalue weighted by Crippen LogP contribution is 2.45. The Morgan fingerprint density at radius 3 is 2.35 bits per heavy atom. The maximum Gasteiger partial charge on any atom is 0.193 e. The van der Waals surface area contributed by atoms with Crippen LogP contribution in [-0.4, -0.2) is 33.9 Å². The van der Waals surface area contributed by atoms with Crippen LogP contribution in [0.3, 0.4) is 0 Å². The number of benzene rings is 1. The van der Waals surface area contributed by atoms with Gasteiger partial charge in [0.15, 0.2) is 26.1 Å². The lowest BCUT2D eigenvalue weighted by atomic mass is 9.98. The maximum absolute atomic E-state index is 10.3. The smallest absolute Gasteiger partial charge is 0.193 e. The van der Waals surface area contributed by atoms with Gasteiger partial charge in [0.05, 0.1) is 20.8 Å². The van der Waals surface area contributed by atoms with Crippen LogP contribution < -0.4 is 9.47 Å². The summed E-state index contributed by atoms with van der Waals surface area (Å²) >= 11 is 0. The van der Waals surface area contributed by atoms with Gasteiger partial charge in [-0.1, -0.05) is 26.8 Å². The van der Waals surface area contributed by atoms with E-state index in [4.69, 9.17) is 18.6 Å². The first-order valence-corrected chi connectivity index (χ1v) is 10.7. The van der Waals surface area contributed by atoms with Crippen molar-refractivity contribution in [1.29, 1.82) is 0 Å². The highest BCUT2D eigenvalue weighted by Gasteiger charge is 2.43. The van der Waals surface area contributed by atoms with Crippen molar-refractivity contribution in [3.8, 4) is 11.5 Å². The quantitative estimate of drug-likeness (QED) is 0.849. The van der Waals surface area contributed by atoms with E-state index in [1.807, 2.05) is 12.1 Å². The molecule has 0 fully saturated rings. The molecule has 0 saturated carbocycles. The average molecular weight is 340 g/mol. The van der Waals surface area contributed by atoms with E-state index in [-0.39, 0.29) is 11.6 Å². The van der Waals surface area contributed by atoms with Gasteiger partial charge >= 0.3 is 0 Å². The van der Waals surface area contributed by atoms with E-state index in [1.54, 1.807) is 14.2 Å². The number of hydrogen-bond acceptors (Lipinski definition) is 5. The molecule has 1 aromatic rings. The fourth-order valence-electron chi connectivity index (χ4n) is 2.45. The summed E-state index contributed by atoms with van der Waals surface area (Å²) in [4.78, 5) is 0. The number of aliphatic hydroxyl groups excluding tert-OH is 1. The molecule has 0 spiro atoms. The molecule has 1 aliphatic rings. The molecule has 0 aromatic heterocycles. The van der Waals surface area contributed by atoms with Gasteiger partial charge in [-0.3, -0.25) is 0 Å². The Morgan fingerprint density at radius 2 is 1.83 bits per heavy atom. The van der Waals surface area contributed by atoms with Crippen LogP contribution in [0.4, 0.5) is 0 Å². The second-order valence-corrected chi connectivity index (χ2v) is 12.1. The fraction of sp³-hybridized carbons (Fsp3) is 0.647. The Bertz CT molecular complexity index is 565. The zero-order valence-electron chi connectivity index (χ0n) is 15.1. The second-order valence-electron chi connectivity index (χ2n) is 7.37. The predicted molar refractivity (Wildman–Crippen MR) is 91.4 cm³/mol. The van der Waals surface area contributed by atoms with Gasteiger partial charge in [0.1, 0.15) is 6.10 Å². The summed E-state index contributed by atoms with van der Waals surface area (Å²) in [5.41, 5.74) is 1.78. The first-order chi connectivity index (χ1) is 10.6. The van der Waals surface area contributed by atoms with E-state index >= 15 is 0 Å². The molecule has 1 aromatic carbocycles. The summed E-state index contributed by atoms with van der Waals surface area (Å²) in [5, 5.41) is 10.4. The molecule has 6 heteroatoms. The van der Waals surface area contributed by atoms with Crippen LogP contribution in [0.15, 0.2) is 12.1 Å². The molecular weight excluding hydrogens is 312 g/mol. The van der Waals surface area contributed by atoms with Crippen LogP contribution in [-0.2, 0) is 15.8 Å². The zero-order valence-corrected chi connectivity index (χ0v) is 16.1. The summed E-state index contributed by atoms with van der Waals surface area (Å²) in [6.45, 7) is 11.1. The molecule has 1 N–H and O–H groups in total. The Hall–Kier alpha value is -1.08. The SMILES string of the molecule is COc1ccc2c(c1OC)COC(O)C2O[Si](C)(C)C(C)(C)C. The fourth-order valence-corrected chi connectivity index (χ4v) is 3.68. The number of hydrogen-bond donors (Lipinski definition) is 1. The van der Waals surface area contributed by atoms with Crippen LogP contribution in [0.5, 0.6) is 11.5 Å². The third-order valence-electron chi connectivity index (χ3n) is 4.88. The number of rotatable bonds is 4.